The van der Waals surface area contributed by atoms with Gasteiger partial charge < -0.3 is 14.4 Å². The molecular formula is C18H24N2O4. The molecule has 6 nitrogen and oxygen atoms in total. The molecular weight excluding hydrogens is 308 g/mol. The third-order valence-corrected chi connectivity index (χ3v) is 3.28. The number of nitrogens with zero attached hydrogens (tertiary/aromatic N) is 2. The van der Waals surface area contributed by atoms with Crippen molar-refractivity contribution in [1.29, 1.82) is 0 Å². The first-order valence-electron chi connectivity index (χ1n) is 10.3. The van der Waals surface area contributed by atoms with Crippen LogP contribution in [0.3, 0.4) is 0 Å². The summed E-state index contributed by atoms with van der Waals surface area (Å²) in [6.07, 6.45) is 0.101. The van der Waals surface area contributed by atoms with Crippen LogP contribution in [0.4, 0.5) is 4.79 Å². The van der Waals surface area contributed by atoms with E-state index >= 15 is 0 Å². The van der Waals surface area contributed by atoms with Gasteiger partial charge in [0.1, 0.15) is 11.4 Å². The Morgan fingerprint density at radius 1 is 1.29 bits per heavy atom. The van der Waals surface area contributed by atoms with Gasteiger partial charge in [0.05, 0.1) is 19.0 Å². The first kappa shape index (κ1) is 11.1. The molecule has 1 aromatic heterocycles. The summed E-state index contributed by atoms with van der Waals surface area (Å²) in [5.41, 5.74) is -0.101. The molecule has 0 fully saturated rings. The maximum absolute atomic E-state index is 12.7. The SMILES string of the molecule is [2H]C([2H])([2H])N(C(=O)Cc1cn(C(=O)OC(C)(C)C)c2ccc(OC)cc12)C([2H])([2H])[2H]. The van der Waals surface area contributed by atoms with Crippen LogP contribution in [-0.4, -0.2) is 48.1 Å². The number of aromatic nitrogens is 1. The number of hydrogen-bond donors (Lipinski definition) is 0. The first-order valence-corrected chi connectivity index (χ1v) is 7.29. The van der Waals surface area contributed by atoms with Crippen molar-refractivity contribution < 1.29 is 27.3 Å². The number of carbonyl (C=O) groups excluding carboxylic acids is 2. The molecule has 0 saturated carbocycles. The smallest absolute Gasteiger partial charge is 0.419 e. The number of benzene rings is 1. The summed E-state index contributed by atoms with van der Waals surface area (Å²) < 4.78 is 56.3. The molecule has 0 bridgehead atoms. The second-order valence-corrected chi connectivity index (χ2v) is 6.29. The van der Waals surface area contributed by atoms with Gasteiger partial charge >= 0.3 is 6.09 Å². The number of rotatable bonds is 3. The van der Waals surface area contributed by atoms with Crippen molar-refractivity contribution in [2.24, 2.45) is 0 Å². The van der Waals surface area contributed by atoms with E-state index in [1.54, 1.807) is 39.0 Å². The summed E-state index contributed by atoms with van der Waals surface area (Å²) in [5.74, 6) is -0.678. The topological polar surface area (TPSA) is 60.8 Å². The maximum Gasteiger partial charge on any atom is 0.419 e. The van der Waals surface area contributed by atoms with Crippen LogP contribution in [0.1, 0.15) is 34.6 Å². The predicted octanol–water partition coefficient (Wildman–Crippen LogP) is 3.06. The van der Waals surface area contributed by atoms with E-state index in [2.05, 4.69) is 0 Å². The number of ether oxygens (including phenoxy) is 2. The van der Waals surface area contributed by atoms with Crippen molar-refractivity contribution in [2.75, 3.05) is 21.1 Å². The fourth-order valence-corrected chi connectivity index (χ4v) is 2.25. The largest absolute Gasteiger partial charge is 0.497 e. The zero-order chi connectivity index (χ0) is 23.1. The van der Waals surface area contributed by atoms with Gasteiger partial charge in [-0.3, -0.25) is 9.36 Å². The van der Waals surface area contributed by atoms with Crippen LogP contribution in [0.5, 0.6) is 5.75 Å². The lowest BCUT2D eigenvalue weighted by atomic mass is 10.1. The fourth-order valence-electron chi connectivity index (χ4n) is 2.25. The Labute approximate surface area is 150 Å². The van der Waals surface area contributed by atoms with Gasteiger partial charge in [-0.05, 0) is 44.5 Å². The number of methoxy groups -OCH3 is 1. The summed E-state index contributed by atoms with van der Waals surface area (Å²) in [7, 11) is 1.45. The van der Waals surface area contributed by atoms with Gasteiger partial charge in [-0.1, -0.05) is 0 Å². The third-order valence-electron chi connectivity index (χ3n) is 3.28. The Kier molecular flexibility index (Phi) is 3.04. The highest BCUT2D eigenvalue weighted by Crippen LogP contribution is 2.27. The quantitative estimate of drug-likeness (QED) is 0.863. The monoisotopic (exact) mass is 338 g/mol. The minimum atomic E-state index is -3.15. The highest BCUT2D eigenvalue weighted by molar-refractivity contribution is 5.95. The normalized spacial score (nSPS) is 16.2. The molecule has 6 heteroatoms. The van der Waals surface area contributed by atoms with Gasteiger partial charge in [0.25, 0.3) is 0 Å². The molecule has 0 spiro atoms. The molecule has 1 heterocycles. The van der Waals surface area contributed by atoms with Gasteiger partial charge in [-0.2, -0.15) is 0 Å². The van der Waals surface area contributed by atoms with E-state index in [1.165, 1.54) is 17.9 Å². The van der Waals surface area contributed by atoms with E-state index in [0.29, 0.717) is 16.7 Å². The summed E-state index contributed by atoms with van der Waals surface area (Å²) >= 11 is 0. The molecule has 0 saturated heterocycles. The van der Waals surface area contributed by atoms with Gasteiger partial charge in [-0.15, -0.1) is 0 Å². The van der Waals surface area contributed by atoms with Crippen molar-refractivity contribution in [1.82, 2.24) is 9.47 Å². The van der Waals surface area contributed by atoms with Gasteiger partial charge in [0, 0.05) is 33.8 Å². The van der Waals surface area contributed by atoms with E-state index in [9.17, 15) is 9.59 Å². The van der Waals surface area contributed by atoms with Gasteiger partial charge in [0.15, 0.2) is 0 Å². The Morgan fingerprint density at radius 3 is 2.58 bits per heavy atom. The molecule has 0 unspecified atom stereocenters. The Morgan fingerprint density at radius 2 is 2.00 bits per heavy atom. The number of carbonyl (C=O) groups is 2. The second-order valence-electron chi connectivity index (χ2n) is 6.29. The van der Waals surface area contributed by atoms with E-state index in [0.717, 1.165) is 0 Å². The molecule has 0 radical (unpaired) electrons. The molecule has 0 atom stereocenters. The van der Waals surface area contributed by atoms with Crippen molar-refractivity contribution in [3.8, 4) is 5.75 Å². The fraction of sp³-hybridized carbons (Fsp3) is 0.444. The van der Waals surface area contributed by atoms with Crippen LogP contribution < -0.4 is 4.74 Å². The lowest BCUT2D eigenvalue weighted by Crippen LogP contribution is -2.26. The zero-order valence-corrected chi connectivity index (χ0v) is 14.0. The molecule has 0 aliphatic heterocycles. The minimum Gasteiger partial charge on any atom is -0.497 e. The highest BCUT2D eigenvalue weighted by Gasteiger charge is 2.22. The Hall–Kier alpha value is -2.50. The Balaban J connectivity index is 2.55. The van der Waals surface area contributed by atoms with E-state index < -0.39 is 38.0 Å². The van der Waals surface area contributed by atoms with Crippen molar-refractivity contribution in [2.45, 2.75) is 32.8 Å². The summed E-state index contributed by atoms with van der Waals surface area (Å²) in [6.45, 7) is -1.19. The number of hydrogen-bond acceptors (Lipinski definition) is 4. The number of likely N-dealkylation sites (N-methyl/N-ethyl adjacent to an activating group) is 1. The van der Waals surface area contributed by atoms with Gasteiger partial charge in [0.2, 0.25) is 5.91 Å². The van der Waals surface area contributed by atoms with E-state index in [-0.39, 0.29) is 10.5 Å². The maximum atomic E-state index is 12.7. The molecule has 0 N–H and O–H groups in total. The predicted molar refractivity (Wildman–Crippen MR) is 92.5 cm³/mol. The third kappa shape index (κ3) is 3.88. The standard InChI is InChI=1S/C18H24N2O4/c1-18(2,3)24-17(22)20-11-12(9-16(21)19(4)5)14-10-13(23-6)7-8-15(14)20/h7-8,10-11H,9H2,1-6H3/i4D3,5D3. The molecule has 1 aromatic carbocycles. The van der Waals surface area contributed by atoms with Crippen LogP contribution >= 0.6 is 0 Å². The molecule has 0 aliphatic rings. The van der Waals surface area contributed by atoms with Crippen LogP contribution in [-0.2, 0) is 16.0 Å². The van der Waals surface area contributed by atoms with E-state index in [4.69, 9.17) is 17.7 Å². The second kappa shape index (κ2) is 6.55. The molecule has 2 rings (SSSR count). The van der Waals surface area contributed by atoms with Gasteiger partial charge in [-0.25, -0.2) is 4.79 Å². The first-order chi connectivity index (χ1) is 13.5. The molecule has 130 valence electrons. The van der Waals surface area contributed by atoms with Crippen LogP contribution in [0.2, 0.25) is 0 Å². The molecule has 2 aromatic rings. The molecule has 24 heavy (non-hydrogen) atoms. The highest BCUT2D eigenvalue weighted by atomic mass is 16.6. The molecule has 0 aliphatic carbocycles. The van der Waals surface area contributed by atoms with Crippen molar-refractivity contribution in [3.63, 3.8) is 0 Å². The zero-order valence-electron chi connectivity index (χ0n) is 20.0. The summed E-state index contributed by atoms with van der Waals surface area (Å²) in [4.78, 5) is 25.2. The van der Waals surface area contributed by atoms with Crippen LogP contribution in [0, 0.1) is 0 Å². The number of amides is 1. The van der Waals surface area contributed by atoms with Crippen LogP contribution in [0.15, 0.2) is 24.4 Å². The lowest BCUT2D eigenvalue weighted by molar-refractivity contribution is -0.127. The lowest BCUT2D eigenvalue weighted by Gasteiger charge is -2.19. The average Bonchev–Trinajstić information content (AvgIpc) is 2.88. The average molecular weight is 338 g/mol. The summed E-state index contributed by atoms with van der Waals surface area (Å²) in [6, 6.07) is 4.79. The van der Waals surface area contributed by atoms with Crippen molar-refractivity contribution >= 4 is 22.9 Å². The van der Waals surface area contributed by atoms with E-state index in [1.807, 2.05) is 0 Å². The van der Waals surface area contributed by atoms with Crippen LogP contribution in [0.25, 0.3) is 10.9 Å². The van der Waals surface area contributed by atoms with Crippen molar-refractivity contribution in [3.05, 3.63) is 30.0 Å². The Bertz CT molecular complexity index is 942. The minimum absolute atomic E-state index is 0.100. The molecule has 1 amide bonds. The number of fused-ring (bicyclic) bond motifs is 1. The summed E-state index contributed by atoms with van der Waals surface area (Å²) in [5, 5.41) is 0.435.